The third kappa shape index (κ3) is 6.48. The molecule has 27 heavy (non-hydrogen) atoms. The molecule has 6 heteroatoms. The second kappa shape index (κ2) is 9.97. The van der Waals surface area contributed by atoms with E-state index in [2.05, 4.69) is 16.7 Å². The maximum Gasteiger partial charge on any atom is 0.408 e. The molecule has 0 unspecified atom stereocenters. The van der Waals surface area contributed by atoms with E-state index >= 15 is 0 Å². The summed E-state index contributed by atoms with van der Waals surface area (Å²) in [6, 6.07) is 17.7. The predicted molar refractivity (Wildman–Crippen MR) is 103 cm³/mol. The van der Waals surface area contributed by atoms with Crippen molar-refractivity contribution in [3.05, 3.63) is 65.7 Å². The van der Waals surface area contributed by atoms with Gasteiger partial charge in [-0.1, -0.05) is 56.3 Å². The first-order chi connectivity index (χ1) is 13.0. The quantitative estimate of drug-likeness (QED) is 0.784. The van der Waals surface area contributed by atoms with Crippen LogP contribution in [0.4, 0.5) is 10.5 Å². The topological polar surface area (TPSA) is 91.2 Å². The van der Waals surface area contributed by atoms with Gasteiger partial charge in [0.05, 0.1) is 12.5 Å². The molecule has 2 rings (SSSR count). The van der Waals surface area contributed by atoms with Gasteiger partial charge in [-0.3, -0.25) is 4.79 Å². The number of nitrogens with one attached hydrogen (secondary N) is 2. The van der Waals surface area contributed by atoms with Crippen LogP contribution in [0.2, 0.25) is 0 Å². The number of nitriles is 1. The summed E-state index contributed by atoms with van der Waals surface area (Å²) in [7, 11) is 0. The second-order valence-electron chi connectivity index (χ2n) is 6.45. The molecule has 0 aromatic heterocycles. The molecule has 0 fully saturated rings. The van der Waals surface area contributed by atoms with Gasteiger partial charge >= 0.3 is 6.09 Å². The Labute approximate surface area is 159 Å². The highest BCUT2D eigenvalue weighted by molar-refractivity contribution is 5.96. The monoisotopic (exact) mass is 365 g/mol. The van der Waals surface area contributed by atoms with Crippen LogP contribution in [0.25, 0.3) is 0 Å². The summed E-state index contributed by atoms with van der Waals surface area (Å²) in [5.74, 6) is -0.443. The van der Waals surface area contributed by atoms with Gasteiger partial charge in [-0.05, 0) is 29.2 Å². The molecule has 2 amide bonds. The summed E-state index contributed by atoms with van der Waals surface area (Å²) in [5, 5.41) is 14.1. The minimum absolute atomic E-state index is 0.118. The minimum atomic E-state index is -0.730. The first kappa shape index (κ1) is 20.0. The number of hydrogen-bond acceptors (Lipinski definition) is 4. The first-order valence-corrected chi connectivity index (χ1v) is 8.73. The molecule has 2 aromatic carbocycles. The zero-order valence-electron chi connectivity index (χ0n) is 15.4. The third-order valence-corrected chi connectivity index (χ3v) is 3.94. The van der Waals surface area contributed by atoms with Crippen LogP contribution in [-0.2, 0) is 22.6 Å². The Morgan fingerprint density at radius 1 is 1.04 bits per heavy atom. The van der Waals surface area contributed by atoms with Gasteiger partial charge in [0.15, 0.2) is 0 Å². The van der Waals surface area contributed by atoms with Crippen LogP contribution in [-0.4, -0.2) is 18.0 Å². The van der Waals surface area contributed by atoms with Gasteiger partial charge in [-0.25, -0.2) is 4.79 Å². The van der Waals surface area contributed by atoms with Gasteiger partial charge in [0.2, 0.25) is 5.91 Å². The molecule has 0 aliphatic carbocycles. The number of nitrogens with zero attached hydrogens (tertiary/aromatic N) is 1. The SMILES string of the molecule is CC(C)[C@H](NC(=O)OCc1ccccc1)C(=O)Nc1ccc(CC#N)cc1. The third-order valence-electron chi connectivity index (χ3n) is 3.94. The van der Waals surface area contributed by atoms with Crippen LogP contribution >= 0.6 is 0 Å². The summed E-state index contributed by atoms with van der Waals surface area (Å²) >= 11 is 0. The summed E-state index contributed by atoms with van der Waals surface area (Å²) in [6.07, 6.45) is -0.324. The fraction of sp³-hybridized carbons (Fsp3) is 0.286. The van der Waals surface area contributed by atoms with Crippen LogP contribution in [0, 0.1) is 17.2 Å². The number of anilines is 1. The van der Waals surface area contributed by atoms with Crippen molar-refractivity contribution in [2.45, 2.75) is 32.9 Å². The highest BCUT2D eigenvalue weighted by atomic mass is 16.5. The number of carbonyl (C=O) groups is 2. The molecule has 6 nitrogen and oxygen atoms in total. The Hall–Kier alpha value is -3.33. The van der Waals surface area contributed by atoms with Crippen LogP contribution in [0.3, 0.4) is 0 Å². The van der Waals surface area contributed by atoms with E-state index in [9.17, 15) is 9.59 Å². The molecule has 2 aromatic rings. The van der Waals surface area contributed by atoms with E-state index in [1.54, 1.807) is 24.3 Å². The summed E-state index contributed by atoms with van der Waals surface area (Å²) in [4.78, 5) is 24.6. The molecule has 2 N–H and O–H groups in total. The summed E-state index contributed by atoms with van der Waals surface area (Å²) < 4.78 is 5.19. The van der Waals surface area contributed by atoms with Crippen molar-refractivity contribution >= 4 is 17.7 Å². The van der Waals surface area contributed by atoms with E-state index in [0.717, 1.165) is 11.1 Å². The molecule has 0 saturated carbocycles. The highest BCUT2D eigenvalue weighted by Crippen LogP contribution is 2.12. The molecule has 0 heterocycles. The highest BCUT2D eigenvalue weighted by Gasteiger charge is 2.25. The Morgan fingerprint density at radius 2 is 1.70 bits per heavy atom. The van der Waals surface area contributed by atoms with Crippen molar-refractivity contribution in [2.75, 3.05) is 5.32 Å². The second-order valence-corrected chi connectivity index (χ2v) is 6.45. The molecular weight excluding hydrogens is 342 g/mol. The van der Waals surface area contributed by atoms with E-state index in [-0.39, 0.29) is 18.4 Å². The van der Waals surface area contributed by atoms with Gasteiger partial charge in [-0.2, -0.15) is 5.26 Å². The molecule has 0 saturated heterocycles. The fourth-order valence-electron chi connectivity index (χ4n) is 2.44. The average molecular weight is 365 g/mol. The largest absolute Gasteiger partial charge is 0.445 e. The van der Waals surface area contributed by atoms with Crippen molar-refractivity contribution in [1.29, 1.82) is 5.26 Å². The zero-order valence-corrected chi connectivity index (χ0v) is 15.4. The van der Waals surface area contributed by atoms with E-state index in [0.29, 0.717) is 12.1 Å². The van der Waals surface area contributed by atoms with Gasteiger partial charge < -0.3 is 15.4 Å². The molecule has 0 aliphatic rings. The van der Waals surface area contributed by atoms with Crippen LogP contribution in [0.1, 0.15) is 25.0 Å². The van der Waals surface area contributed by atoms with Crippen molar-refractivity contribution < 1.29 is 14.3 Å². The van der Waals surface area contributed by atoms with Crippen LogP contribution < -0.4 is 10.6 Å². The Balaban J connectivity index is 1.92. The summed E-state index contributed by atoms with van der Waals surface area (Å²) in [5.41, 5.74) is 2.35. The van der Waals surface area contributed by atoms with Crippen LogP contribution in [0.15, 0.2) is 54.6 Å². The number of rotatable bonds is 7. The number of alkyl carbamates (subject to hydrolysis) is 1. The fourth-order valence-corrected chi connectivity index (χ4v) is 2.44. The van der Waals surface area contributed by atoms with E-state index < -0.39 is 12.1 Å². The zero-order chi connectivity index (χ0) is 19.6. The first-order valence-electron chi connectivity index (χ1n) is 8.73. The van der Waals surface area contributed by atoms with Crippen molar-refractivity contribution in [1.82, 2.24) is 5.32 Å². The molecule has 0 bridgehead atoms. The molecule has 0 spiro atoms. The molecular formula is C21H23N3O3. The van der Waals surface area contributed by atoms with Crippen molar-refractivity contribution in [2.24, 2.45) is 5.92 Å². The number of carbonyl (C=O) groups excluding carboxylic acids is 2. The van der Waals surface area contributed by atoms with Gasteiger partial charge in [-0.15, -0.1) is 0 Å². The smallest absolute Gasteiger partial charge is 0.408 e. The number of hydrogen-bond donors (Lipinski definition) is 2. The molecule has 0 radical (unpaired) electrons. The minimum Gasteiger partial charge on any atom is -0.445 e. The Bertz CT molecular complexity index is 796. The lowest BCUT2D eigenvalue weighted by atomic mass is 10.0. The van der Waals surface area contributed by atoms with Gasteiger partial charge in [0.25, 0.3) is 0 Å². The van der Waals surface area contributed by atoms with Gasteiger partial charge in [0.1, 0.15) is 12.6 Å². The molecule has 0 aliphatic heterocycles. The lowest BCUT2D eigenvalue weighted by molar-refractivity contribution is -0.119. The van der Waals surface area contributed by atoms with Crippen LogP contribution in [0.5, 0.6) is 0 Å². The average Bonchev–Trinajstić information content (AvgIpc) is 2.66. The van der Waals surface area contributed by atoms with E-state index in [1.165, 1.54) is 0 Å². The number of amides is 2. The number of benzene rings is 2. The lowest BCUT2D eigenvalue weighted by Gasteiger charge is -2.21. The normalized spacial score (nSPS) is 11.3. The van der Waals surface area contributed by atoms with E-state index in [4.69, 9.17) is 10.00 Å². The maximum atomic E-state index is 12.5. The van der Waals surface area contributed by atoms with Gasteiger partial charge in [0, 0.05) is 5.69 Å². The number of ether oxygens (including phenoxy) is 1. The molecule has 140 valence electrons. The maximum absolute atomic E-state index is 12.5. The Kier molecular flexibility index (Phi) is 7.38. The lowest BCUT2D eigenvalue weighted by Crippen LogP contribution is -2.47. The van der Waals surface area contributed by atoms with E-state index in [1.807, 2.05) is 44.2 Å². The standard InChI is InChI=1S/C21H23N3O3/c1-15(2)19(24-21(26)27-14-17-6-4-3-5-7-17)20(25)23-18-10-8-16(9-11-18)12-13-22/h3-11,15,19H,12,14H2,1-2H3,(H,23,25)(H,24,26)/t19-/m0/s1. The Morgan fingerprint density at radius 3 is 2.30 bits per heavy atom. The van der Waals surface area contributed by atoms with Crippen molar-refractivity contribution in [3.8, 4) is 6.07 Å². The molecule has 1 atom stereocenters. The summed E-state index contributed by atoms with van der Waals surface area (Å²) in [6.45, 7) is 3.83. The predicted octanol–water partition coefficient (Wildman–Crippen LogP) is 3.64. The van der Waals surface area contributed by atoms with Crippen molar-refractivity contribution in [3.63, 3.8) is 0 Å².